The van der Waals surface area contributed by atoms with Crippen LogP contribution in [-0.2, 0) is 0 Å². The van der Waals surface area contributed by atoms with Crippen molar-refractivity contribution in [1.29, 1.82) is 0 Å². The fourth-order valence-corrected chi connectivity index (χ4v) is 2.62. The van der Waals surface area contributed by atoms with Gasteiger partial charge in [-0.3, -0.25) is 4.79 Å². The highest BCUT2D eigenvalue weighted by atomic mass is 16.5. The normalized spacial score (nSPS) is 12.2. The van der Waals surface area contributed by atoms with Crippen LogP contribution in [0.25, 0.3) is 5.78 Å². The Morgan fingerprint density at radius 3 is 2.56 bits per heavy atom. The second kappa shape index (κ2) is 8.03. The summed E-state index contributed by atoms with van der Waals surface area (Å²) in [5.41, 5.74) is 1.20. The molecule has 8 nitrogen and oxygen atoms in total. The molecule has 0 fully saturated rings. The zero-order valence-corrected chi connectivity index (χ0v) is 15.8. The van der Waals surface area contributed by atoms with E-state index in [2.05, 4.69) is 20.4 Å². The van der Waals surface area contributed by atoms with Crippen molar-refractivity contribution >= 4 is 11.7 Å². The quantitative estimate of drug-likeness (QED) is 0.688. The van der Waals surface area contributed by atoms with Crippen LogP contribution in [0.5, 0.6) is 11.5 Å². The molecule has 0 bridgehead atoms. The summed E-state index contributed by atoms with van der Waals surface area (Å²) in [6, 6.07) is 9.05. The van der Waals surface area contributed by atoms with Crippen molar-refractivity contribution in [3.8, 4) is 11.5 Å². The summed E-state index contributed by atoms with van der Waals surface area (Å²) in [7, 11) is 1.61. The first kappa shape index (κ1) is 18.6. The lowest BCUT2D eigenvalue weighted by atomic mass is 10.1. The maximum Gasteiger partial charge on any atom is 0.270 e. The third-order valence-electron chi connectivity index (χ3n) is 4.05. The van der Waals surface area contributed by atoms with Crippen LogP contribution in [0.3, 0.4) is 0 Å². The van der Waals surface area contributed by atoms with Crippen molar-refractivity contribution in [3.05, 3.63) is 48.0 Å². The van der Waals surface area contributed by atoms with Gasteiger partial charge in [0.25, 0.3) is 11.7 Å². The molecule has 1 atom stereocenters. The molecule has 0 saturated heterocycles. The van der Waals surface area contributed by atoms with Gasteiger partial charge in [-0.2, -0.15) is 10.1 Å². The second-order valence-electron chi connectivity index (χ2n) is 6.51. The minimum absolute atomic E-state index is 0.182. The van der Waals surface area contributed by atoms with E-state index in [1.165, 1.54) is 6.33 Å². The van der Waals surface area contributed by atoms with Gasteiger partial charge >= 0.3 is 0 Å². The summed E-state index contributed by atoms with van der Waals surface area (Å²) in [5.74, 6) is 1.80. The lowest BCUT2D eigenvalue weighted by molar-refractivity contribution is 0.0927. The number of methoxy groups -OCH3 is 1. The number of hydrogen-bond acceptors (Lipinski definition) is 6. The van der Waals surface area contributed by atoms with Crippen molar-refractivity contribution in [2.45, 2.75) is 32.8 Å². The molecule has 2 aromatic heterocycles. The molecule has 0 saturated carbocycles. The van der Waals surface area contributed by atoms with Crippen molar-refractivity contribution in [2.75, 3.05) is 13.7 Å². The Morgan fingerprint density at radius 1 is 1.19 bits per heavy atom. The van der Waals surface area contributed by atoms with Gasteiger partial charge in [0, 0.05) is 0 Å². The summed E-state index contributed by atoms with van der Waals surface area (Å²) in [6.45, 7) is 6.30. The van der Waals surface area contributed by atoms with Crippen molar-refractivity contribution in [2.24, 2.45) is 0 Å². The predicted octanol–water partition coefficient (Wildman–Crippen LogP) is 2.45. The van der Waals surface area contributed by atoms with Crippen molar-refractivity contribution < 1.29 is 14.3 Å². The lowest BCUT2D eigenvalue weighted by Gasteiger charge is -2.16. The molecule has 0 aliphatic rings. The highest BCUT2D eigenvalue weighted by Gasteiger charge is 2.16. The van der Waals surface area contributed by atoms with Crippen LogP contribution in [-0.4, -0.2) is 45.2 Å². The van der Waals surface area contributed by atoms with E-state index < -0.39 is 0 Å². The van der Waals surface area contributed by atoms with E-state index in [0.29, 0.717) is 23.8 Å². The Morgan fingerprint density at radius 2 is 1.89 bits per heavy atom. The Balaban J connectivity index is 1.63. The second-order valence-corrected chi connectivity index (χ2v) is 6.51. The fraction of sp³-hybridized carbons (Fsp3) is 0.368. The molecule has 0 aliphatic carbocycles. The van der Waals surface area contributed by atoms with E-state index in [-0.39, 0.29) is 17.9 Å². The fourth-order valence-electron chi connectivity index (χ4n) is 2.62. The summed E-state index contributed by atoms with van der Waals surface area (Å²) in [5, 5.41) is 7.01. The number of carbonyl (C=O) groups excluding carboxylic acids is 1. The topological polar surface area (TPSA) is 90.6 Å². The molecule has 1 amide bonds. The number of fused-ring (bicyclic) bond motifs is 1. The Bertz CT molecular complexity index is 921. The number of aromatic nitrogens is 4. The van der Waals surface area contributed by atoms with Gasteiger partial charge in [-0.15, -0.1) is 0 Å². The summed E-state index contributed by atoms with van der Waals surface area (Å²) >= 11 is 0. The largest absolute Gasteiger partial charge is 0.497 e. The first-order chi connectivity index (χ1) is 13.0. The number of carbonyl (C=O) groups is 1. The number of hydrogen-bond donors (Lipinski definition) is 1. The molecular weight excluding hydrogens is 346 g/mol. The molecule has 1 aromatic carbocycles. The van der Waals surface area contributed by atoms with Gasteiger partial charge in [-0.25, -0.2) is 9.50 Å². The molecule has 0 aliphatic heterocycles. The summed E-state index contributed by atoms with van der Waals surface area (Å²) in [4.78, 5) is 20.9. The maximum absolute atomic E-state index is 12.5. The van der Waals surface area contributed by atoms with Gasteiger partial charge in [0.1, 0.15) is 29.6 Å². The maximum atomic E-state index is 12.5. The molecule has 142 valence electrons. The molecule has 3 rings (SSSR count). The molecule has 8 heteroatoms. The van der Waals surface area contributed by atoms with E-state index in [1.54, 1.807) is 17.7 Å². The molecule has 0 spiro atoms. The van der Waals surface area contributed by atoms with Crippen LogP contribution in [0, 0.1) is 0 Å². The number of rotatable bonds is 7. The molecule has 0 unspecified atom stereocenters. The zero-order chi connectivity index (χ0) is 19.4. The van der Waals surface area contributed by atoms with Crippen molar-refractivity contribution in [1.82, 2.24) is 24.9 Å². The predicted molar refractivity (Wildman–Crippen MR) is 100 cm³/mol. The number of nitrogens with zero attached hydrogens (tertiary/aromatic N) is 4. The van der Waals surface area contributed by atoms with Crippen LogP contribution >= 0.6 is 0 Å². The van der Waals surface area contributed by atoms with Crippen LogP contribution in [0.1, 0.15) is 42.9 Å². The lowest BCUT2D eigenvalue weighted by Crippen LogP contribution is -2.34. The average molecular weight is 369 g/mol. The molecule has 0 radical (unpaired) electrons. The van der Waals surface area contributed by atoms with E-state index >= 15 is 0 Å². The molecule has 2 heterocycles. The van der Waals surface area contributed by atoms with Crippen LogP contribution in [0.4, 0.5) is 0 Å². The van der Waals surface area contributed by atoms with Crippen molar-refractivity contribution in [3.63, 3.8) is 0 Å². The Hall–Kier alpha value is -3.16. The smallest absolute Gasteiger partial charge is 0.270 e. The minimum atomic E-state index is -0.271. The van der Waals surface area contributed by atoms with Crippen LogP contribution < -0.4 is 14.8 Å². The van der Waals surface area contributed by atoms with Gasteiger partial charge in [0.05, 0.1) is 19.3 Å². The van der Waals surface area contributed by atoms with Gasteiger partial charge in [0.2, 0.25) is 0 Å². The average Bonchev–Trinajstić information content (AvgIpc) is 3.14. The zero-order valence-electron chi connectivity index (χ0n) is 15.8. The first-order valence-electron chi connectivity index (χ1n) is 8.77. The summed E-state index contributed by atoms with van der Waals surface area (Å²) < 4.78 is 12.6. The number of benzene rings is 1. The Kier molecular flexibility index (Phi) is 5.54. The number of amides is 1. The molecule has 1 N–H and O–H groups in total. The van der Waals surface area contributed by atoms with Gasteiger partial charge in [-0.1, -0.05) is 13.8 Å². The standard InChI is InChI=1S/C19H23N5O3/c1-12(2)17-9-16(23-19-21-11-22-24(17)19)18(25)20-10-13(3)27-15-7-5-14(26-4)6-8-15/h5-9,11-13H,10H2,1-4H3,(H,20,25)/t13-/m0/s1. The van der Waals surface area contributed by atoms with E-state index in [1.807, 2.05) is 45.0 Å². The SMILES string of the molecule is COc1ccc(O[C@@H](C)CNC(=O)c2cc(C(C)C)n3ncnc3n2)cc1. The van der Waals surface area contributed by atoms with Gasteiger partial charge < -0.3 is 14.8 Å². The third kappa shape index (κ3) is 4.33. The highest BCUT2D eigenvalue weighted by molar-refractivity contribution is 5.92. The number of ether oxygens (including phenoxy) is 2. The molecule has 3 aromatic rings. The monoisotopic (exact) mass is 369 g/mol. The van der Waals surface area contributed by atoms with E-state index in [0.717, 1.165) is 11.4 Å². The number of nitrogens with one attached hydrogen (secondary N) is 1. The molecule has 27 heavy (non-hydrogen) atoms. The minimum Gasteiger partial charge on any atom is -0.497 e. The van der Waals surface area contributed by atoms with Crippen LogP contribution in [0.2, 0.25) is 0 Å². The third-order valence-corrected chi connectivity index (χ3v) is 4.05. The van der Waals surface area contributed by atoms with E-state index in [4.69, 9.17) is 9.47 Å². The van der Waals surface area contributed by atoms with Gasteiger partial charge in [-0.05, 0) is 43.2 Å². The Labute approximate surface area is 157 Å². The first-order valence-corrected chi connectivity index (χ1v) is 8.77. The van der Waals surface area contributed by atoms with Crippen LogP contribution in [0.15, 0.2) is 36.7 Å². The highest BCUT2D eigenvalue weighted by Crippen LogP contribution is 2.18. The molecular formula is C19H23N5O3. The van der Waals surface area contributed by atoms with Gasteiger partial charge in [0.15, 0.2) is 0 Å². The van der Waals surface area contributed by atoms with E-state index in [9.17, 15) is 4.79 Å². The summed E-state index contributed by atoms with van der Waals surface area (Å²) in [6.07, 6.45) is 1.23.